The van der Waals surface area contributed by atoms with Gasteiger partial charge in [0.15, 0.2) is 0 Å². The van der Waals surface area contributed by atoms with Crippen LogP contribution in [0.25, 0.3) is 0 Å². The van der Waals surface area contributed by atoms with E-state index < -0.39 is 0 Å². The fraction of sp³-hybridized carbons (Fsp3) is 0.727. The Balaban J connectivity index is 2.45. The van der Waals surface area contributed by atoms with Crippen molar-refractivity contribution in [2.75, 3.05) is 6.61 Å². The van der Waals surface area contributed by atoms with E-state index in [1.165, 1.54) is 6.92 Å². The lowest BCUT2D eigenvalue weighted by Gasteiger charge is -2.32. The zero-order valence-corrected chi connectivity index (χ0v) is 10.6. The Morgan fingerprint density at radius 2 is 1.75 bits per heavy atom. The molecule has 4 nitrogen and oxygen atoms in total. The van der Waals surface area contributed by atoms with Gasteiger partial charge >= 0.3 is 13.1 Å². The van der Waals surface area contributed by atoms with Crippen molar-refractivity contribution in [3.05, 3.63) is 12.1 Å². The van der Waals surface area contributed by atoms with Crippen molar-refractivity contribution in [2.24, 2.45) is 0 Å². The van der Waals surface area contributed by atoms with Crippen molar-refractivity contribution in [2.45, 2.75) is 45.8 Å². The third-order valence-corrected chi connectivity index (χ3v) is 2.95. The number of carbonyl (C=O) groups excluding carboxylic acids is 1. The van der Waals surface area contributed by atoms with Crippen molar-refractivity contribution < 1.29 is 18.8 Å². The summed E-state index contributed by atoms with van der Waals surface area (Å²) in [6, 6.07) is 0. The molecule has 90 valence electrons. The van der Waals surface area contributed by atoms with Gasteiger partial charge in [-0.3, -0.25) is 4.79 Å². The van der Waals surface area contributed by atoms with Crippen LogP contribution in [0, 0.1) is 0 Å². The van der Waals surface area contributed by atoms with E-state index in [1.54, 1.807) is 12.1 Å². The molecule has 0 aromatic rings. The zero-order valence-electron chi connectivity index (χ0n) is 10.6. The smallest absolute Gasteiger partial charge is 0.462 e. The van der Waals surface area contributed by atoms with Gasteiger partial charge in [0.1, 0.15) is 6.61 Å². The minimum Gasteiger partial charge on any atom is -0.462 e. The van der Waals surface area contributed by atoms with E-state index in [-0.39, 0.29) is 30.9 Å². The molecule has 0 atom stereocenters. The van der Waals surface area contributed by atoms with E-state index in [9.17, 15) is 4.79 Å². The molecule has 0 saturated carbocycles. The molecule has 1 aliphatic heterocycles. The Kier molecular flexibility index (Phi) is 3.81. The summed E-state index contributed by atoms with van der Waals surface area (Å²) in [5, 5.41) is 0. The predicted molar refractivity (Wildman–Crippen MR) is 61.9 cm³/mol. The van der Waals surface area contributed by atoms with Gasteiger partial charge in [-0.2, -0.15) is 0 Å². The second-order valence-electron chi connectivity index (χ2n) is 4.86. The number of ether oxygens (including phenoxy) is 1. The molecule has 1 saturated heterocycles. The standard InChI is InChI=1S/C11H19BO4/c1-9(13)14-8-6-7-12-15-10(2,3)11(4,5)16-12/h6-7H,8H2,1-5H3/b7-6-. The van der Waals surface area contributed by atoms with Crippen LogP contribution < -0.4 is 0 Å². The maximum atomic E-state index is 10.5. The first-order chi connectivity index (χ1) is 7.24. The monoisotopic (exact) mass is 226 g/mol. The van der Waals surface area contributed by atoms with Crippen LogP contribution in [0.1, 0.15) is 34.6 Å². The summed E-state index contributed by atoms with van der Waals surface area (Å²) in [5.74, 6) is 1.47. The van der Waals surface area contributed by atoms with Crippen LogP contribution in [0.3, 0.4) is 0 Å². The summed E-state index contributed by atoms with van der Waals surface area (Å²) in [5.41, 5.74) is -0.660. The molecule has 0 N–H and O–H groups in total. The molecule has 0 spiro atoms. The van der Waals surface area contributed by atoms with Crippen LogP contribution in [0.4, 0.5) is 0 Å². The number of esters is 1. The van der Waals surface area contributed by atoms with Crippen LogP contribution in [0.2, 0.25) is 0 Å². The first-order valence-electron chi connectivity index (χ1n) is 5.40. The Morgan fingerprint density at radius 1 is 1.25 bits per heavy atom. The Hall–Kier alpha value is -0.805. The van der Waals surface area contributed by atoms with E-state index in [1.807, 2.05) is 27.7 Å². The topological polar surface area (TPSA) is 44.8 Å². The fourth-order valence-electron chi connectivity index (χ4n) is 1.30. The lowest BCUT2D eigenvalue weighted by Crippen LogP contribution is -2.41. The van der Waals surface area contributed by atoms with E-state index >= 15 is 0 Å². The van der Waals surface area contributed by atoms with Gasteiger partial charge < -0.3 is 14.0 Å². The summed E-state index contributed by atoms with van der Waals surface area (Å²) in [4.78, 5) is 10.5. The van der Waals surface area contributed by atoms with E-state index in [0.29, 0.717) is 0 Å². The summed E-state index contributed by atoms with van der Waals surface area (Å²) < 4.78 is 16.2. The quantitative estimate of drug-likeness (QED) is 0.543. The molecule has 1 heterocycles. The number of rotatable bonds is 3. The molecule has 1 aliphatic rings. The maximum Gasteiger partial charge on any atom is 0.486 e. The lowest BCUT2D eigenvalue weighted by atomic mass is 9.90. The zero-order chi connectivity index (χ0) is 12.4. The van der Waals surface area contributed by atoms with Crippen molar-refractivity contribution in [3.8, 4) is 0 Å². The van der Waals surface area contributed by atoms with Crippen molar-refractivity contribution >= 4 is 13.1 Å². The lowest BCUT2D eigenvalue weighted by molar-refractivity contribution is -0.139. The van der Waals surface area contributed by atoms with Crippen molar-refractivity contribution in [3.63, 3.8) is 0 Å². The van der Waals surface area contributed by atoms with E-state index in [4.69, 9.17) is 14.0 Å². The summed E-state index contributed by atoms with van der Waals surface area (Å²) in [7, 11) is -0.374. The van der Waals surface area contributed by atoms with Gasteiger partial charge in [0.25, 0.3) is 0 Å². The van der Waals surface area contributed by atoms with Gasteiger partial charge in [0, 0.05) is 6.92 Å². The highest BCUT2D eigenvalue weighted by Gasteiger charge is 2.49. The first-order valence-corrected chi connectivity index (χ1v) is 5.40. The summed E-state index contributed by atoms with van der Waals surface area (Å²) >= 11 is 0. The van der Waals surface area contributed by atoms with Crippen LogP contribution in [-0.4, -0.2) is 30.9 Å². The minimum atomic E-state index is -0.374. The van der Waals surface area contributed by atoms with Gasteiger partial charge in [0.2, 0.25) is 0 Å². The SMILES string of the molecule is CC(=O)OC/C=C\B1OC(C)(C)C(C)(C)O1. The van der Waals surface area contributed by atoms with Gasteiger partial charge in [-0.15, -0.1) is 0 Å². The average molecular weight is 226 g/mol. The maximum absolute atomic E-state index is 10.5. The molecule has 0 radical (unpaired) electrons. The molecule has 1 fully saturated rings. The predicted octanol–water partition coefficient (Wildman–Crippen LogP) is 1.74. The largest absolute Gasteiger partial charge is 0.486 e. The average Bonchev–Trinajstić information content (AvgIpc) is 2.29. The normalized spacial score (nSPS) is 22.7. The molecule has 16 heavy (non-hydrogen) atoms. The van der Waals surface area contributed by atoms with Crippen molar-refractivity contribution in [1.82, 2.24) is 0 Å². The third-order valence-electron chi connectivity index (χ3n) is 2.95. The van der Waals surface area contributed by atoms with Crippen LogP contribution in [-0.2, 0) is 18.8 Å². The fourth-order valence-corrected chi connectivity index (χ4v) is 1.30. The molecule has 0 unspecified atom stereocenters. The van der Waals surface area contributed by atoms with Crippen LogP contribution in [0.5, 0.6) is 0 Å². The van der Waals surface area contributed by atoms with Crippen LogP contribution >= 0.6 is 0 Å². The highest BCUT2D eigenvalue weighted by atomic mass is 16.7. The Labute approximate surface area is 97.1 Å². The van der Waals surface area contributed by atoms with Gasteiger partial charge in [-0.25, -0.2) is 0 Å². The minimum absolute atomic E-state index is 0.249. The Morgan fingerprint density at radius 3 is 2.19 bits per heavy atom. The highest BCUT2D eigenvalue weighted by molar-refractivity contribution is 6.51. The summed E-state index contributed by atoms with van der Waals surface area (Å²) in [6.45, 7) is 9.60. The molecule has 5 heteroatoms. The Bertz CT molecular complexity index is 280. The molecular weight excluding hydrogens is 207 g/mol. The summed E-state index contributed by atoms with van der Waals surface area (Å²) in [6.07, 6.45) is 1.73. The van der Waals surface area contributed by atoms with Gasteiger partial charge in [0.05, 0.1) is 11.2 Å². The first kappa shape index (κ1) is 13.3. The molecule has 0 aliphatic carbocycles. The number of carbonyl (C=O) groups is 1. The second-order valence-corrected chi connectivity index (χ2v) is 4.86. The third kappa shape index (κ3) is 3.09. The van der Waals surface area contributed by atoms with Gasteiger partial charge in [-0.05, 0) is 27.7 Å². The van der Waals surface area contributed by atoms with Crippen LogP contribution in [0.15, 0.2) is 12.1 Å². The molecule has 0 amide bonds. The van der Waals surface area contributed by atoms with Crippen molar-refractivity contribution in [1.29, 1.82) is 0 Å². The molecular formula is C11H19BO4. The molecule has 0 bridgehead atoms. The molecule has 0 aromatic carbocycles. The van der Waals surface area contributed by atoms with Gasteiger partial charge in [-0.1, -0.05) is 12.1 Å². The van der Waals surface area contributed by atoms with E-state index in [2.05, 4.69) is 0 Å². The number of hydrogen-bond acceptors (Lipinski definition) is 4. The number of hydrogen-bond donors (Lipinski definition) is 0. The van der Waals surface area contributed by atoms with E-state index in [0.717, 1.165) is 0 Å². The molecule has 1 rings (SSSR count). The second kappa shape index (κ2) is 4.59. The molecule has 0 aromatic heterocycles. The highest BCUT2D eigenvalue weighted by Crippen LogP contribution is 2.36.